The van der Waals surface area contributed by atoms with Gasteiger partial charge in [0.05, 0.1) is 19.4 Å². The third-order valence-corrected chi connectivity index (χ3v) is 7.20. The zero-order chi connectivity index (χ0) is 18.4. The van der Waals surface area contributed by atoms with Gasteiger partial charge in [0.15, 0.2) is 0 Å². The van der Waals surface area contributed by atoms with Crippen LogP contribution >= 0.6 is 0 Å². The molecule has 3 heterocycles. The average molecular weight is 376 g/mol. The second kappa shape index (κ2) is 6.40. The predicted molar refractivity (Wildman–Crippen MR) is 97.4 cm³/mol. The first-order valence-corrected chi connectivity index (χ1v) is 10.4. The summed E-state index contributed by atoms with van der Waals surface area (Å²) in [6.45, 7) is 6.39. The molecule has 1 aromatic heterocycles. The van der Waals surface area contributed by atoms with Gasteiger partial charge in [-0.3, -0.25) is 4.90 Å². The summed E-state index contributed by atoms with van der Waals surface area (Å²) < 4.78 is 39.7. The highest BCUT2D eigenvalue weighted by molar-refractivity contribution is 7.89. The number of ether oxygens (including phenoxy) is 1. The fourth-order valence-electron chi connectivity index (χ4n) is 3.87. The van der Waals surface area contributed by atoms with Crippen molar-refractivity contribution in [2.45, 2.75) is 43.4 Å². The van der Waals surface area contributed by atoms with E-state index in [1.54, 1.807) is 28.8 Å². The largest absolute Gasteiger partial charge is 0.483 e. The molecule has 1 atom stereocenters. The van der Waals surface area contributed by atoms with E-state index < -0.39 is 15.6 Å². The number of furan rings is 1. The van der Waals surface area contributed by atoms with Crippen LogP contribution in [0, 0.1) is 0 Å². The Kier molecular flexibility index (Phi) is 4.33. The predicted octanol–water partition coefficient (Wildman–Crippen LogP) is 2.72. The van der Waals surface area contributed by atoms with Crippen LogP contribution in [0.3, 0.4) is 0 Å². The number of nitrogens with zero attached hydrogens (tertiary/aromatic N) is 2. The van der Waals surface area contributed by atoms with Crippen molar-refractivity contribution in [1.29, 1.82) is 0 Å². The molecule has 1 saturated heterocycles. The lowest BCUT2D eigenvalue weighted by Gasteiger charge is -2.33. The number of para-hydroxylation sites is 1. The molecule has 0 saturated carbocycles. The molecular formula is C19H24N2O4S. The molecule has 2 aliphatic heterocycles. The van der Waals surface area contributed by atoms with Gasteiger partial charge in [0.25, 0.3) is 0 Å². The molecule has 0 radical (unpaired) electrons. The lowest BCUT2D eigenvalue weighted by molar-refractivity contribution is 0.0526. The Balaban J connectivity index is 1.68. The number of rotatable bonds is 3. The number of likely N-dealkylation sites (tertiary alicyclic amines) is 1. The van der Waals surface area contributed by atoms with Gasteiger partial charge in [0.1, 0.15) is 22.0 Å². The Labute approximate surface area is 154 Å². The molecule has 0 N–H and O–H groups in total. The fraction of sp³-hybridized carbons (Fsp3) is 0.474. The van der Waals surface area contributed by atoms with Crippen molar-refractivity contribution in [3.8, 4) is 5.75 Å². The maximum atomic E-state index is 13.2. The fourth-order valence-corrected chi connectivity index (χ4v) is 5.69. The number of hydrogen-bond donors (Lipinski definition) is 0. The van der Waals surface area contributed by atoms with Crippen molar-refractivity contribution in [2.75, 3.05) is 19.6 Å². The summed E-state index contributed by atoms with van der Waals surface area (Å²) in [4.78, 5) is 2.52. The van der Waals surface area contributed by atoms with Crippen LogP contribution in [0.4, 0.5) is 0 Å². The van der Waals surface area contributed by atoms with E-state index in [9.17, 15) is 8.42 Å². The first-order chi connectivity index (χ1) is 12.4. The number of fused-ring (bicyclic) bond motifs is 1. The second-order valence-electron chi connectivity index (χ2n) is 7.42. The highest BCUT2D eigenvalue weighted by atomic mass is 32.2. The molecule has 2 aromatic rings. The Morgan fingerprint density at radius 1 is 1.15 bits per heavy atom. The first kappa shape index (κ1) is 17.6. The maximum Gasteiger partial charge on any atom is 0.247 e. The van der Waals surface area contributed by atoms with E-state index in [4.69, 9.17) is 9.15 Å². The highest BCUT2D eigenvalue weighted by Crippen LogP contribution is 2.39. The van der Waals surface area contributed by atoms with Crippen LogP contribution in [0.1, 0.15) is 26.0 Å². The zero-order valence-corrected chi connectivity index (χ0v) is 15.9. The highest BCUT2D eigenvalue weighted by Gasteiger charge is 2.48. The maximum absolute atomic E-state index is 13.2. The second-order valence-corrected chi connectivity index (χ2v) is 9.27. The van der Waals surface area contributed by atoms with Crippen LogP contribution in [0.5, 0.6) is 5.75 Å². The first-order valence-electron chi connectivity index (χ1n) is 8.94. The summed E-state index contributed by atoms with van der Waals surface area (Å²) in [5.41, 5.74) is -0.545. The normalized spacial score (nSPS) is 26.0. The lowest BCUT2D eigenvalue weighted by atomic mass is 10.0. The van der Waals surface area contributed by atoms with E-state index in [0.717, 1.165) is 18.7 Å². The molecule has 26 heavy (non-hydrogen) atoms. The third-order valence-electron chi connectivity index (χ3n) is 5.14. The monoisotopic (exact) mass is 376 g/mol. The van der Waals surface area contributed by atoms with Crippen molar-refractivity contribution >= 4 is 10.0 Å². The van der Waals surface area contributed by atoms with Gasteiger partial charge in [0, 0.05) is 25.6 Å². The molecule has 2 aliphatic rings. The summed E-state index contributed by atoms with van der Waals surface area (Å²) >= 11 is 0. The van der Waals surface area contributed by atoms with Crippen LogP contribution in [-0.2, 0) is 16.6 Å². The van der Waals surface area contributed by atoms with Gasteiger partial charge in [-0.05, 0) is 38.1 Å². The molecule has 0 bridgehead atoms. The van der Waals surface area contributed by atoms with E-state index in [1.807, 2.05) is 32.0 Å². The molecule has 1 fully saturated rings. The van der Waals surface area contributed by atoms with Gasteiger partial charge >= 0.3 is 0 Å². The quantitative estimate of drug-likeness (QED) is 0.824. The molecule has 1 spiro atoms. The lowest BCUT2D eigenvalue weighted by Crippen LogP contribution is -2.51. The minimum absolute atomic E-state index is 0.134. The van der Waals surface area contributed by atoms with Gasteiger partial charge in [-0.25, -0.2) is 8.42 Å². The van der Waals surface area contributed by atoms with E-state index in [1.165, 1.54) is 0 Å². The summed E-state index contributed by atoms with van der Waals surface area (Å²) in [5, 5.41) is 0. The van der Waals surface area contributed by atoms with E-state index in [2.05, 4.69) is 4.90 Å². The molecule has 0 unspecified atom stereocenters. The van der Waals surface area contributed by atoms with E-state index >= 15 is 0 Å². The average Bonchev–Trinajstić information content (AvgIpc) is 3.21. The van der Waals surface area contributed by atoms with Crippen LogP contribution in [0.15, 0.2) is 52.0 Å². The molecule has 140 valence electrons. The van der Waals surface area contributed by atoms with Gasteiger partial charge < -0.3 is 9.15 Å². The Hall–Kier alpha value is -1.83. The van der Waals surface area contributed by atoms with E-state index in [-0.39, 0.29) is 10.9 Å². The minimum Gasteiger partial charge on any atom is -0.483 e. The standard InChI is InChI=1S/C19H24N2O4S/c1-15(2)21-14-19(9-10-20(13-19)12-16-6-5-11-24-16)25-17-7-3-4-8-18(17)26(21,22)23/h3-8,11,15H,9-10,12-14H2,1-2H3/t19-/m0/s1. The number of hydrogen-bond acceptors (Lipinski definition) is 5. The molecule has 1 aromatic carbocycles. The summed E-state index contributed by atoms with van der Waals surface area (Å²) in [5.74, 6) is 1.36. The summed E-state index contributed by atoms with van der Waals surface area (Å²) in [7, 11) is -3.58. The molecule has 7 heteroatoms. The molecule has 4 rings (SSSR count). The van der Waals surface area contributed by atoms with Crippen LogP contribution < -0.4 is 4.74 Å². The zero-order valence-electron chi connectivity index (χ0n) is 15.1. The van der Waals surface area contributed by atoms with Gasteiger partial charge in [-0.1, -0.05) is 12.1 Å². The Bertz CT molecular complexity index is 879. The molecule has 0 amide bonds. The van der Waals surface area contributed by atoms with Gasteiger partial charge in [0.2, 0.25) is 10.0 Å². The summed E-state index contributed by atoms with van der Waals surface area (Å²) in [6, 6.07) is 10.7. The van der Waals surface area contributed by atoms with Crippen molar-refractivity contribution in [3.05, 3.63) is 48.4 Å². The topological polar surface area (TPSA) is 63.0 Å². The minimum atomic E-state index is -3.58. The van der Waals surface area contributed by atoms with Gasteiger partial charge in [-0.2, -0.15) is 4.31 Å². The Morgan fingerprint density at radius 2 is 1.96 bits per heavy atom. The summed E-state index contributed by atoms with van der Waals surface area (Å²) in [6.07, 6.45) is 2.45. The Morgan fingerprint density at radius 3 is 2.69 bits per heavy atom. The van der Waals surface area contributed by atoms with Gasteiger partial charge in [-0.15, -0.1) is 0 Å². The van der Waals surface area contributed by atoms with Crippen molar-refractivity contribution in [1.82, 2.24) is 9.21 Å². The molecule has 6 nitrogen and oxygen atoms in total. The third kappa shape index (κ3) is 3.04. The van der Waals surface area contributed by atoms with Crippen molar-refractivity contribution < 1.29 is 17.6 Å². The van der Waals surface area contributed by atoms with E-state index in [0.29, 0.717) is 25.4 Å². The van der Waals surface area contributed by atoms with Crippen LogP contribution in [0.2, 0.25) is 0 Å². The van der Waals surface area contributed by atoms with Crippen molar-refractivity contribution in [2.24, 2.45) is 0 Å². The molecular weight excluding hydrogens is 352 g/mol. The number of benzene rings is 1. The van der Waals surface area contributed by atoms with Crippen LogP contribution in [-0.4, -0.2) is 48.9 Å². The molecule has 0 aliphatic carbocycles. The number of sulfonamides is 1. The SMILES string of the molecule is CC(C)N1C[C@@]2(CCN(Cc3ccco3)C2)Oc2ccccc2S1(=O)=O. The van der Waals surface area contributed by atoms with Crippen LogP contribution in [0.25, 0.3) is 0 Å². The smallest absolute Gasteiger partial charge is 0.247 e. The van der Waals surface area contributed by atoms with Crippen molar-refractivity contribution in [3.63, 3.8) is 0 Å².